The summed E-state index contributed by atoms with van der Waals surface area (Å²) in [6.07, 6.45) is 5.08. The minimum absolute atomic E-state index is 0.0212. The van der Waals surface area contributed by atoms with Gasteiger partial charge in [0.15, 0.2) is 5.78 Å². The van der Waals surface area contributed by atoms with E-state index in [9.17, 15) is 14.4 Å². The van der Waals surface area contributed by atoms with Crippen molar-refractivity contribution in [3.63, 3.8) is 0 Å². The number of ether oxygens (including phenoxy) is 1. The molecule has 110 valence electrons. The molecule has 0 saturated heterocycles. The molecule has 0 aromatic heterocycles. The Morgan fingerprint density at radius 3 is 2.85 bits per heavy atom. The van der Waals surface area contributed by atoms with E-state index in [2.05, 4.69) is 15.9 Å². The van der Waals surface area contributed by atoms with Crippen LogP contribution in [0.2, 0.25) is 0 Å². The monoisotopic (exact) mass is 344 g/mol. The van der Waals surface area contributed by atoms with Crippen LogP contribution in [0.5, 0.6) is 0 Å². The van der Waals surface area contributed by atoms with Gasteiger partial charge in [0.2, 0.25) is 0 Å². The van der Waals surface area contributed by atoms with Gasteiger partial charge in [0.25, 0.3) is 0 Å². The van der Waals surface area contributed by atoms with Gasteiger partial charge in [-0.3, -0.25) is 14.4 Å². The highest BCUT2D eigenvalue weighted by molar-refractivity contribution is 9.11. The second-order valence-corrected chi connectivity index (χ2v) is 5.60. The molecule has 0 bridgehead atoms. The second-order valence-electron chi connectivity index (χ2n) is 4.58. The van der Waals surface area contributed by atoms with Gasteiger partial charge in [-0.1, -0.05) is 22.0 Å². The first-order valence-electron chi connectivity index (χ1n) is 6.36. The number of ketones is 1. The van der Waals surface area contributed by atoms with Crippen LogP contribution in [0.1, 0.15) is 39.0 Å². The zero-order valence-corrected chi connectivity index (χ0v) is 12.8. The number of carbonyl (C=O) groups excluding carboxylic acids is 2. The van der Waals surface area contributed by atoms with Gasteiger partial charge in [0.05, 0.1) is 6.42 Å². The van der Waals surface area contributed by atoms with Crippen LogP contribution < -0.4 is 0 Å². The third kappa shape index (κ3) is 6.14. The zero-order valence-electron chi connectivity index (χ0n) is 11.2. The number of rotatable bonds is 7. The second kappa shape index (κ2) is 7.99. The Balaban J connectivity index is 2.46. The van der Waals surface area contributed by atoms with Crippen molar-refractivity contribution in [2.75, 3.05) is 0 Å². The van der Waals surface area contributed by atoms with Crippen molar-refractivity contribution in [2.24, 2.45) is 0 Å². The molecule has 0 fully saturated rings. The van der Waals surface area contributed by atoms with Crippen molar-refractivity contribution in [3.05, 3.63) is 22.2 Å². The van der Waals surface area contributed by atoms with E-state index in [1.54, 1.807) is 6.08 Å². The van der Waals surface area contributed by atoms with Crippen LogP contribution in [0.15, 0.2) is 22.2 Å². The third-order valence-electron chi connectivity index (χ3n) is 2.77. The first-order chi connectivity index (χ1) is 9.38. The number of carboxylic acids is 1. The van der Waals surface area contributed by atoms with Gasteiger partial charge in [-0.2, -0.15) is 0 Å². The summed E-state index contributed by atoms with van der Waals surface area (Å²) < 4.78 is 5.82. The molecule has 20 heavy (non-hydrogen) atoms. The Hall–Kier alpha value is -1.43. The molecule has 1 unspecified atom stereocenters. The van der Waals surface area contributed by atoms with Gasteiger partial charge < -0.3 is 9.84 Å². The molecule has 0 spiro atoms. The minimum atomic E-state index is -0.813. The number of hydrogen-bond donors (Lipinski definition) is 1. The standard InChI is InChI=1S/C14H17BrO5/c1-9(16)20-12-7-10(13(17)8-12)6-11(15)4-2-3-5-14(18)19/h4,7,12H,2-3,5-6,8H2,1H3,(H,18,19). The highest BCUT2D eigenvalue weighted by atomic mass is 79.9. The fourth-order valence-corrected chi connectivity index (χ4v) is 2.43. The van der Waals surface area contributed by atoms with Crippen molar-refractivity contribution in [2.45, 2.75) is 45.1 Å². The number of allylic oxidation sites excluding steroid dienone is 3. The number of hydrogen-bond acceptors (Lipinski definition) is 4. The molecule has 1 rings (SSSR count). The maximum Gasteiger partial charge on any atom is 0.303 e. The fourth-order valence-electron chi connectivity index (χ4n) is 1.90. The largest absolute Gasteiger partial charge is 0.481 e. The number of halogens is 1. The van der Waals surface area contributed by atoms with Gasteiger partial charge in [-0.25, -0.2) is 0 Å². The van der Waals surface area contributed by atoms with E-state index >= 15 is 0 Å². The summed E-state index contributed by atoms with van der Waals surface area (Å²) in [5, 5.41) is 8.52. The topological polar surface area (TPSA) is 80.7 Å². The molecule has 0 radical (unpaired) electrons. The maximum absolute atomic E-state index is 11.7. The minimum Gasteiger partial charge on any atom is -0.481 e. The van der Waals surface area contributed by atoms with Gasteiger partial charge in [-0.05, 0) is 29.0 Å². The van der Waals surface area contributed by atoms with Crippen molar-refractivity contribution in [3.8, 4) is 0 Å². The first kappa shape index (κ1) is 16.6. The average Bonchev–Trinajstić information content (AvgIpc) is 2.64. The molecule has 1 aliphatic rings. The van der Waals surface area contributed by atoms with Crippen LogP contribution in [0.25, 0.3) is 0 Å². The Kier molecular flexibility index (Phi) is 6.64. The molecule has 1 atom stereocenters. The summed E-state index contributed by atoms with van der Waals surface area (Å²) in [7, 11) is 0. The summed E-state index contributed by atoms with van der Waals surface area (Å²) in [6.45, 7) is 1.31. The molecule has 0 heterocycles. The van der Waals surface area contributed by atoms with Crippen molar-refractivity contribution >= 4 is 33.7 Å². The number of carboxylic acid groups (broad SMARTS) is 1. The summed E-state index contributed by atoms with van der Waals surface area (Å²) in [4.78, 5) is 32.9. The molecule has 0 aromatic rings. The van der Waals surface area contributed by atoms with E-state index in [1.807, 2.05) is 6.08 Å². The highest BCUT2D eigenvalue weighted by Crippen LogP contribution is 2.26. The smallest absolute Gasteiger partial charge is 0.303 e. The first-order valence-corrected chi connectivity index (χ1v) is 7.15. The van der Waals surface area contributed by atoms with Crippen molar-refractivity contribution < 1.29 is 24.2 Å². The maximum atomic E-state index is 11.7. The number of aliphatic carboxylic acids is 1. The quantitative estimate of drug-likeness (QED) is 0.567. The van der Waals surface area contributed by atoms with Gasteiger partial charge in [0.1, 0.15) is 6.10 Å². The molecule has 0 aliphatic heterocycles. The predicted octanol–water partition coefficient (Wildman–Crippen LogP) is 2.74. The Morgan fingerprint density at radius 1 is 1.55 bits per heavy atom. The lowest BCUT2D eigenvalue weighted by molar-refractivity contribution is -0.144. The normalized spacial score (nSPS) is 18.9. The lowest BCUT2D eigenvalue weighted by Gasteiger charge is -2.05. The van der Waals surface area contributed by atoms with E-state index in [4.69, 9.17) is 9.84 Å². The van der Waals surface area contributed by atoms with Gasteiger partial charge in [0, 0.05) is 19.8 Å². The van der Waals surface area contributed by atoms with Crippen LogP contribution in [0.3, 0.4) is 0 Å². The molecule has 6 heteroatoms. The predicted molar refractivity (Wildman–Crippen MR) is 76.4 cm³/mol. The SMILES string of the molecule is CC(=O)OC1C=C(CC(Br)=CCCCC(=O)O)C(=O)C1. The van der Waals surface area contributed by atoms with Crippen LogP contribution in [0, 0.1) is 0 Å². The van der Waals surface area contributed by atoms with Crippen LogP contribution >= 0.6 is 15.9 Å². The zero-order chi connectivity index (χ0) is 15.1. The Labute approximate surface area is 125 Å². The van der Waals surface area contributed by atoms with Crippen molar-refractivity contribution in [1.29, 1.82) is 0 Å². The summed E-state index contributed by atoms with van der Waals surface area (Å²) >= 11 is 3.37. The molecule has 0 amide bonds. The van der Waals surface area contributed by atoms with E-state index in [0.29, 0.717) is 24.8 Å². The summed E-state index contributed by atoms with van der Waals surface area (Å²) in [5.41, 5.74) is 0.623. The molecule has 0 saturated carbocycles. The average molecular weight is 345 g/mol. The lowest BCUT2D eigenvalue weighted by Crippen LogP contribution is -2.12. The third-order valence-corrected chi connectivity index (χ3v) is 3.37. The van der Waals surface area contributed by atoms with E-state index in [1.165, 1.54) is 6.92 Å². The van der Waals surface area contributed by atoms with E-state index in [0.717, 1.165) is 4.48 Å². The Bertz CT molecular complexity index is 464. The molecule has 5 nitrogen and oxygen atoms in total. The highest BCUT2D eigenvalue weighted by Gasteiger charge is 2.25. The molecule has 1 aliphatic carbocycles. The summed E-state index contributed by atoms with van der Waals surface area (Å²) in [6, 6.07) is 0. The number of unbranched alkanes of at least 4 members (excludes halogenated alkanes) is 1. The number of carbonyl (C=O) groups is 3. The van der Waals surface area contributed by atoms with Gasteiger partial charge >= 0.3 is 11.9 Å². The molecular weight excluding hydrogens is 328 g/mol. The lowest BCUT2D eigenvalue weighted by atomic mass is 10.1. The number of Topliss-reactive ketones (excluding diaryl/α,β-unsaturated/α-hetero) is 1. The Morgan fingerprint density at radius 2 is 2.25 bits per heavy atom. The van der Waals surface area contributed by atoms with Crippen LogP contribution in [-0.4, -0.2) is 28.9 Å². The van der Waals surface area contributed by atoms with Crippen molar-refractivity contribution in [1.82, 2.24) is 0 Å². The van der Waals surface area contributed by atoms with Gasteiger partial charge in [-0.15, -0.1) is 0 Å². The molecular formula is C14H17BrO5. The number of esters is 1. The molecule has 0 aromatic carbocycles. The van der Waals surface area contributed by atoms with Crippen LogP contribution in [0.4, 0.5) is 0 Å². The fraction of sp³-hybridized carbons (Fsp3) is 0.500. The van der Waals surface area contributed by atoms with E-state index in [-0.39, 0.29) is 18.6 Å². The van der Waals surface area contributed by atoms with E-state index < -0.39 is 18.0 Å². The summed E-state index contributed by atoms with van der Waals surface area (Å²) in [5.74, 6) is -1.23. The molecule has 1 N–H and O–H groups in total. The van der Waals surface area contributed by atoms with Crippen LogP contribution in [-0.2, 0) is 19.1 Å².